The third-order valence-electron chi connectivity index (χ3n) is 4.55. The lowest BCUT2D eigenvalue weighted by atomic mass is 9.82. The molecule has 0 saturated carbocycles. The van der Waals surface area contributed by atoms with Crippen molar-refractivity contribution >= 4 is 0 Å². The van der Waals surface area contributed by atoms with E-state index in [1.165, 1.54) is 38.8 Å². The Morgan fingerprint density at radius 1 is 1.28 bits per heavy atom. The van der Waals surface area contributed by atoms with Crippen LogP contribution in [-0.2, 0) is 4.74 Å². The molecule has 0 radical (unpaired) electrons. The second-order valence-corrected chi connectivity index (χ2v) is 5.80. The highest BCUT2D eigenvalue weighted by atomic mass is 16.5. The van der Waals surface area contributed by atoms with E-state index in [1.807, 2.05) is 0 Å². The zero-order valence-corrected chi connectivity index (χ0v) is 12.8. The van der Waals surface area contributed by atoms with Gasteiger partial charge in [0.25, 0.3) is 0 Å². The van der Waals surface area contributed by atoms with Crippen molar-refractivity contribution in [1.29, 1.82) is 0 Å². The van der Waals surface area contributed by atoms with Gasteiger partial charge in [-0.1, -0.05) is 20.8 Å². The Bertz CT molecular complexity index is 217. The van der Waals surface area contributed by atoms with E-state index in [2.05, 4.69) is 31.0 Å². The molecular formula is C15H32N2O. The Morgan fingerprint density at radius 3 is 2.50 bits per heavy atom. The first kappa shape index (κ1) is 15.9. The van der Waals surface area contributed by atoms with Gasteiger partial charge in [-0.05, 0) is 44.2 Å². The van der Waals surface area contributed by atoms with Gasteiger partial charge in [-0.25, -0.2) is 0 Å². The van der Waals surface area contributed by atoms with E-state index in [1.54, 1.807) is 7.11 Å². The van der Waals surface area contributed by atoms with E-state index >= 15 is 0 Å². The first-order valence-electron chi connectivity index (χ1n) is 7.64. The van der Waals surface area contributed by atoms with Crippen LogP contribution in [0, 0.1) is 5.41 Å². The van der Waals surface area contributed by atoms with Crippen LogP contribution in [0.2, 0.25) is 0 Å². The van der Waals surface area contributed by atoms with Crippen LogP contribution in [0.4, 0.5) is 0 Å². The lowest BCUT2D eigenvalue weighted by Crippen LogP contribution is -2.44. The van der Waals surface area contributed by atoms with Crippen LogP contribution in [0.25, 0.3) is 0 Å². The van der Waals surface area contributed by atoms with Gasteiger partial charge in [0.05, 0.1) is 6.61 Å². The number of hydrogen-bond donors (Lipinski definition) is 1. The highest BCUT2D eigenvalue weighted by Gasteiger charge is 2.35. The molecule has 0 spiro atoms. The monoisotopic (exact) mass is 256 g/mol. The van der Waals surface area contributed by atoms with Crippen LogP contribution in [0.3, 0.4) is 0 Å². The summed E-state index contributed by atoms with van der Waals surface area (Å²) in [5.41, 5.74) is 0.586. The zero-order chi connectivity index (χ0) is 13.4. The molecule has 1 fully saturated rings. The summed E-state index contributed by atoms with van der Waals surface area (Å²) in [5, 5.41) is 3.59. The van der Waals surface area contributed by atoms with Gasteiger partial charge in [-0.3, -0.25) is 0 Å². The smallest absolute Gasteiger partial charge is 0.0628 e. The molecule has 0 aromatic heterocycles. The van der Waals surface area contributed by atoms with Crippen molar-refractivity contribution in [3.8, 4) is 0 Å². The van der Waals surface area contributed by atoms with Gasteiger partial charge in [-0.15, -0.1) is 0 Å². The maximum absolute atomic E-state index is 5.33. The van der Waals surface area contributed by atoms with Crippen molar-refractivity contribution in [3.63, 3.8) is 0 Å². The summed E-state index contributed by atoms with van der Waals surface area (Å²) in [7, 11) is 1.80. The van der Waals surface area contributed by atoms with E-state index in [9.17, 15) is 0 Å². The number of rotatable bonds is 9. The van der Waals surface area contributed by atoms with E-state index in [-0.39, 0.29) is 0 Å². The highest BCUT2D eigenvalue weighted by Crippen LogP contribution is 2.36. The molecule has 1 heterocycles. The fourth-order valence-corrected chi connectivity index (χ4v) is 3.05. The van der Waals surface area contributed by atoms with Crippen molar-refractivity contribution in [1.82, 2.24) is 10.2 Å². The summed E-state index contributed by atoms with van der Waals surface area (Å²) >= 11 is 0. The molecule has 18 heavy (non-hydrogen) atoms. The number of methoxy groups -OCH3 is 1. The quantitative estimate of drug-likeness (QED) is 0.686. The van der Waals surface area contributed by atoms with Gasteiger partial charge in [0.15, 0.2) is 0 Å². The number of nitrogens with one attached hydrogen (secondary N) is 1. The maximum atomic E-state index is 5.33. The lowest BCUT2D eigenvalue weighted by Gasteiger charge is -2.28. The Hall–Kier alpha value is -0.120. The average molecular weight is 256 g/mol. The predicted molar refractivity (Wildman–Crippen MR) is 78.0 cm³/mol. The van der Waals surface area contributed by atoms with Gasteiger partial charge < -0.3 is 15.0 Å². The molecule has 1 unspecified atom stereocenters. The normalized spacial score (nSPS) is 21.3. The Labute approximate surface area is 113 Å². The summed E-state index contributed by atoms with van der Waals surface area (Å²) in [6.07, 6.45) is 5.19. The van der Waals surface area contributed by atoms with Gasteiger partial charge in [-0.2, -0.15) is 0 Å². The minimum absolute atomic E-state index is 0.486. The molecule has 1 aliphatic rings. The molecule has 3 nitrogen and oxygen atoms in total. The third kappa shape index (κ3) is 4.52. The minimum Gasteiger partial charge on any atom is -0.383 e. The van der Waals surface area contributed by atoms with Gasteiger partial charge >= 0.3 is 0 Å². The zero-order valence-electron chi connectivity index (χ0n) is 12.8. The predicted octanol–water partition coefficient (Wildman–Crippen LogP) is 2.51. The number of hydrogen-bond acceptors (Lipinski definition) is 3. The van der Waals surface area contributed by atoms with Crippen molar-refractivity contribution in [2.75, 3.05) is 39.9 Å². The summed E-state index contributed by atoms with van der Waals surface area (Å²) < 4.78 is 5.33. The second-order valence-electron chi connectivity index (χ2n) is 5.80. The largest absolute Gasteiger partial charge is 0.383 e. The molecule has 108 valence electrons. The number of ether oxygens (including phenoxy) is 1. The van der Waals surface area contributed by atoms with E-state index in [4.69, 9.17) is 4.74 Å². The number of nitrogens with zero attached hydrogens (tertiary/aromatic N) is 1. The molecule has 1 aliphatic heterocycles. The summed E-state index contributed by atoms with van der Waals surface area (Å²) in [5.74, 6) is 0. The van der Waals surface area contributed by atoms with Crippen molar-refractivity contribution in [3.05, 3.63) is 0 Å². The molecule has 0 aliphatic carbocycles. The molecule has 1 rings (SSSR count). The second kappa shape index (κ2) is 8.13. The summed E-state index contributed by atoms with van der Waals surface area (Å²) in [6.45, 7) is 12.5. The fraction of sp³-hybridized carbons (Fsp3) is 1.00. The molecule has 0 aromatic rings. The van der Waals surface area contributed by atoms with E-state index in [0.29, 0.717) is 11.5 Å². The van der Waals surface area contributed by atoms with Gasteiger partial charge in [0.1, 0.15) is 0 Å². The third-order valence-corrected chi connectivity index (χ3v) is 4.55. The van der Waals surface area contributed by atoms with E-state index in [0.717, 1.165) is 19.7 Å². The highest BCUT2D eigenvalue weighted by molar-refractivity contribution is 4.89. The molecule has 0 aromatic carbocycles. The SMILES string of the molecule is CCCNC(COC)CN1CCC(CC)(CC)C1. The molecule has 1 atom stereocenters. The van der Waals surface area contributed by atoms with Crippen molar-refractivity contribution < 1.29 is 4.74 Å². The summed E-state index contributed by atoms with van der Waals surface area (Å²) in [4.78, 5) is 2.62. The van der Waals surface area contributed by atoms with Crippen LogP contribution in [-0.4, -0.2) is 50.8 Å². The Kier molecular flexibility index (Phi) is 7.20. The Balaban J connectivity index is 2.40. The van der Waals surface area contributed by atoms with E-state index < -0.39 is 0 Å². The molecule has 0 bridgehead atoms. The van der Waals surface area contributed by atoms with Crippen LogP contribution in [0.15, 0.2) is 0 Å². The summed E-state index contributed by atoms with van der Waals surface area (Å²) in [6, 6.07) is 0.486. The maximum Gasteiger partial charge on any atom is 0.0628 e. The first-order chi connectivity index (χ1) is 8.69. The topological polar surface area (TPSA) is 24.5 Å². The van der Waals surface area contributed by atoms with Crippen LogP contribution in [0.1, 0.15) is 46.5 Å². The molecule has 1 saturated heterocycles. The minimum atomic E-state index is 0.486. The lowest BCUT2D eigenvalue weighted by molar-refractivity contribution is 0.139. The van der Waals surface area contributed by atoms with Crippen LogP contribution in [0.5, 0.6) is 0 Å². The molecule has 3 heteroatoms. The van der Waals surface area contributed by atoms with Crippen molar-refractivity contribution in [2.45, 2.75) is 52.5 Å². The van der Waals surface area contributed by atoms with Gasteiger partial charge in [0.2, 0.25) is 0 Å². The van der Waals surface area contributed by atoms with Crippen LogP contribution < -0.4 is 5.32 Å². The standard InChI is InChI=1S/C15H32N2O/c1-5-9-16-14(12-18-4)11-17-10-8-15(6-2,7-3)13-17/h14,16H,5-13H2,1-4H3. The first-order valence-corrected chi connectivity index (χ1v) is 7.64. The van der Waals surface area contributed by atoms with Gasteiger partial charge in [0, 0.05) is 26.2 Å². The number of likely N-dealkylation sites (tertiary alicyclic amines) is 1. The molecule has 0 amide bonds. The Morgan fingerprint density at radius 2 is 2.00 bits per heavy atom. The van der Waals surface area contributed by atoms with Crippen molar-refractivity contribution in [2.24, 2.45) is 5.41 Å². The molecular weight excluding hydrogens is 224 g/mol. The fourth-order valence-electron chi connectivity index (χ4n) is 3.05. The van der Waals surface area contributed by atoms with Crippen LogP contribution >= 0.6 is 0 Å². The average Bonchev–Trinajstić information content (AvgIpc) is 2.80. The molecule has 1 N–H and O–H groups in total.